The van der Waals surface area contributed by atoms with Gasteiger partial charge in [0.2, 0.25) is 0 Å². The van der Waals surface area contributed by atoms with Crippen LogP contribution in [-0.4, -0.2) is 25.3 Å². The number of likely N-dealkylation sites (N-methyl/N-ethyl adjacent to an activating group) is 1. The zero-order chi connectivity index (χ0) is 9.84. The molecule has 0 aromatic heterocycles. The molecule has 0 amide bonds. The monoisotopic (exact) mass is 183 g/mol. The molecule has 0 saturated carbocycles. The predicted octanol–water partition coefficient (Wildman–Crippen LogP) is 1.97. The fourth-order valence-corrected chi connectivity index (χ4v) is 2.10. The number of hydrogen-bond acceptors (Lipinski definition) is 2. The molecule has 0 bridgehead atoms. The van der Waals surface area contributed by atoms with Crippen molar-refractivity contribution in [2.45, 2.75) is 39.3 Å². The molecule has 0 radical (unpaired) electrons. The topological polar surface area (TPSA) is 21.3 Å². The standard InChI is InChI=1S/C11H21NO/c1-5-12-11(8(2)3)10-6-7-13-9(10)4/h9-12H,2,5-7H2,1,3-4H3. The second-order valence-electron chi connectivity index (χ2n) is 3.91. The molecule has 2 nitrogen and oxygen atoms in total. The minimum atomic E-state index is 0.376. The highest BCUT2D eigenvalue weighted by atomic mass is 16.5. The SMILES string of the molecule is C=C(C)C(NCC)C1CCOC1C. The third kappa shape index (κ3) is 2.55. The molecule has 76 valence electrons. The summed E-state index contributed by atoms with van der Waals surface area (Å²) in [4.78, 5) is 0. The first kappa shape index (κ1) is 10.7. The van der Waals surface area contributed by atoms with Crippen LogP contribution in [0, 0.1) is 5.92 Å². The van der Waals surface area contributed by atoms with E-state index in [4.69, 9.17) is 4.74 Å². The fourth-order valence-electron chi connectivity index (χ4n) is 2.10. The maximum Gasteiger partial charge on any atom is 0.0594 e. The molecule has 13 heavy (non-hydrogen) atoms. The average molecular weight is 183 g/mol. The molecule has 1 saturated heterocycles. The summed E-state index contributed by atoms with van der Waals surface area (Å²) in [7, 11) is 0. The van der Waals surface area contributed by atoms with Crippen molar-refractivity contribution in [2.75, 3.05) is 13.2 Å². The molecule has 0 aliphatic carbocycles. The molecule has 1 fully saturated rings. The first-order valence-corrected chi connectivity index (χ1v) is 5.17. The van der Waals surface area contributed by atoms with Crippen molar-refractivity contribution >= 4 is 0 Å². The zero-order valence-corrected chi connectivity index (χ0v) is 8.97. The van der Waals surface area contributed by atoms with Crippen molar-refractivity contribution in [3.8, 4) is 0 Å². The van der Waals surface area contributed by atoms with Gasteiger partial charge in [0.05, 0.1) is 6.10 Å². The van der Waals surface area contributed by atoms with Crippen LogP contribution in [-0.2, 0) is 4.74 Å². The van der Waals surface area contributed by atoms with E-state index < -0.39 is 0 Å². The Balaban J connectivity index is 2.57. The maximum atomic E-state index is 5.56. The Hall–Kier alpha value is -0.340. The second kappa shape index (κ2) is 4.77. The van der Waals surface area contributed by atoms with Crippen LogP contribution in [0.25, 0.3) is 0 Å². The molecular formula is C11H21NO. The number of ether oxygens (including phenoxy) is 1. The molecule has 0 aromatic rings. The number of hydrogen-bond donors (Lipinski definition) is 1. The third-order valence-electron chi connectivity index (χ3n) is 2.82. The van der Waals surface area contributed by atoms with E-state index in [0.29, 0.717) is 18.1 Å². The quantitative estimate of drug-likeness (QED) is 0.673. The van der Waals surface area contributed by atoms with Gasteiger partial charge in [0, 0.05) is 18.6 Å². The summed E-state index contributed by atoms with van der Waals surface area (Å²) in [5.74, 6) is 0.609. The maximum absolute atomic E-state index is 5.56. The summed E-state index contributed by atoms with van der Waals surface area (Å²) >= 11 is 0. The summed E-state index contributed by atoms with van der Waals surface area (Å²) in [6.07, 6.45) is 1.53. The van der Waals surface area contributed by atoms with Crippen LogP contribution in [0.1, 0.15) is 27.2 Å². The molecule has 1 N–H and O–H groups in total. The lowest BCUT2D eigenvalue weighted by molar-refractivity contribution is 0.0991. The highest BCUT2D eigenvalue weighted by Crippen LogP contribution is 2.26. The Kier molecular flexibility index (Phi) is 3.94. The van der Waals surface area contributed by atoms with E-state index in [1.165, 1.54) is 5.57 Å². The van der Waals surface area contributed by atoms with E-state index >= 15 is 0 Å². The molecular weight excluding hydrogens is 162 g/mol. The van der Waals surface area contributed by atoms with E-state index in [1.54, 1.807) is 0 Å². The first-order chi connectivity index (χ1) is 6.16. The van der Waals surface area contributed by atoms with Crippen LogP contribution in [0.3, 0.4) is 0 Å². The van der Waals surface area contributed by atoms with Crippen LogP contribution < -0.4 is 5.32 Å². The first-order valence-electron chi connectivity index (χ1n) is 5.17. The Labute approximate surface area is 81.4 Å². The Bertz CT molecular complexity index is 179. The minimum absolute atomic E-state index is 0.376. The highest BCUT2D eigenvalue weighted by Gasteiger charge is 2.31. The van der Waals surface area contributed by atoms with E-state index in [0.717, 1.165) is 19.6 Å². The summed E-state index contributed by atoms with van der Waals surface area (Å²) < 4.78 is 5.56. The lowest BCUT2D eigenvalue weighted by atomic mass is 9.89. The smallest absolute Gasteiger partial charge is 0.0594 e. The summed E-state index contributed by atoms with van der Waals surface area (Å²) in [5, 5.41) is 3.47. The van der Waals surface area contributed by atoms with Gasteiger partial charge in [0.25, 0.3) is 0 Å². The normalized spacial score (nSPS) is 30.4. The summed E-state index contributed by atoms with van der Waals surface area (Å²) in [6, 6.07) is 0.433. The third-order valence-corrected chi connectivity index (χ3v) is 2.82. The van der Waals surface area contributed by atoms with Gasteiger partial charge >= 0.3 is 0 Å². The summed E-state index contributed by atoms with van der Waals surface area (Å²) in [6.45, 7) is 12.3. The van der Waals surface area contributed by atoms with Crippen LogP contribution in [0.5, 0.6) is 0 Å². The molecule has 3 unspecified atom stereocenters. The van der Waals surface area contributed by atoms with Crippen molar-refractivity contribution in [2.24, 2.45) is 5.92 Å². The van der Waals surface area contributed by atoms with Crippen LogP contribution >= 0.6 is 0 Å². The van der Waals surface area contributed by atoms with Crippen molar-refractivity contribution in [3.63, 3.8) is 0 Å². The molecule has 3 atom stereocenters. The molecule has 1 rings (SSSR count). The average Bonchev–Trinajstić information content (AvgIpc) is 2.47. The predicted molar refractivity (Wildman–Crippen MR) is 55.8 cm³/mol. The zero-order valence-electron chi connectivity index (χ0n) is 8.97. The van der Waals surface area contributed by atoms with E-state index in [2.05, 4.69) is 32.7 Å². The van der Waals surface area contributed by atoms with Crippen molar-refractivity contribution < 1.29 is 4.74 Å². The van der Waals surface area contributed by atoms with Crippen LogP contribution in [0.15, 0.2) is 12.2 Å². The van der Waals surface area contributed by atoms with Gasteiger partial charge in [0.1, 0.15) is 0 Å². The van der Waals surface area contributed by atoms with E-state index in [-0.39, 0.29) is 0 Å². The van der Waals surface area contributed by atoms with Gasteiger partial charge in [0.15, 0.2) is 0 Å². The lowest BCUT2D eigenvalue weighted by Gasteiger charge is -2.26. The summed E-state index contributed by atoms with van der Waals surface area (Å²) in [5.41, 5.74) is 1.23. The van der Waals surface area contributed by atoms with E-state index in [1.807, 2.05) is 0 Å². The van der Waals surface area contributed by atoms with Gasteiger partial charge in [-0.15, -0.1) is 0 Å². The second-order valence-corrected chi connectivity index (χ2v) is 3.91. The van der Waals surface area contributed by atoms with Crippen LogP contribution in [0.2, 0.25) is 0 Å². The van der Waals surface area contributed by atoms with Gasteiger partial charge < -0.3 is 10.1 Å². The van der Waals surface area contributed by atoms with Crippen LogP contribution in [0.4, 0.5) is 0 Å². The molecule has 1 aliphatic heterocycles. The Morgan fingerprint density at radius 2 is 2.38 bits per heavy atom. The number of rotatable bonds is 4. The van der Waals surface area contributed by atoms with Crippen molar-refractivity contribution in [1.29, 1.82) is 0 Å². The molecule has 0 spiro atoms. The van der Waals surface area contributed by atoms with Gasteiger partial charge in [-0.1, -0.05) is 19.1 Å². The molecule has 1 aliphatic rings. The van der Waals surface area contributed by atoms with Gasteiger partial charge in [-0.2, -0.15) is 0 Å². The van der Waals surface area contributed by atoms with E-state index in [9.17, 15) is 0 Å². The largest absolute Gasteiger partial charge is 0.378 e. The number of nitrogens with one attached hydrogen (secondary N) is 1. The van der Waals surface area contributed by atoms with Crippen molar-refractivity contribution in [3.05, 3.63) is 12.2 Å². The minimum Gasteiger partial charge on any atom is -0.378 e. The Morgan fingerprint density at radius 1 is 1.69 bits per heavy atom. The molecule has 1 heterocycles. The van der Waals surface area contributed by atoms with Gasteiger partial charge in [-0.3, -0.25) is 0 Å². The van der Waals surface area contributed by atoms with Gasteiger partial charge in [-0.25, -0.2) is 0 Å². The Morgan fingerprint density at radius 3 is 2.77 bits per heavy atom. The van der Waals surface area contributed by atoms with Gasteiger partial charge in [-0.05, 0) is 26.8 Å². The fraction of sp³-hybridized carbons (Fsp3) is 0.818. The lowest BCUT2D eigenvalue weighted by Crippen LogP contribution is -2.39. The molecule has 0 aromatic carbocycles. The van der Waals surface area contributed by atoms with Crippen molar-refractivity contribution in [1.82, 2.24) is 5.32 Å². The molecule has 2 heteroatoms. The highest BCUT2D eigenvalue weighted by molar-refractivity contribution is 5.06.